The summed E-state index contributed by atoms with van der Waals surface area (Å²) in [5, 5.41) is 2.93. The van der Waals surface area contributed by atoms with Crippen LogP contribution < -0.4 is 5.32 Å². The molecule has 0 bridgehead atoms. The fourth-order valence-corrected chi connectivity index (χ4v) is 5.88. The normalized spacial score (nSPS) is 16.7. The molecular formula is C26H23FN2O4S. The minimum Gasteiger partial charge on any atom is -0.443 e. The van der Waals surface area contributed by atoms with Gasteiger partial charge in [-0.05, 0) is 47.7 Å². The van der Waals surface area contributed by atoms with E-state index in [1.807, 2.05) is 54.6 Å². The van der Waals surface area contributed by atoms with Gasteiger partial charge in [0.1, 0.15) is 17.4 Å². The molecule has 4 aromatic rings. The van der Waals surface area contributed by atoms with E-state index < -0.39 is 21.9 Å². The van der Waals surface area contributed by atoms with E-state index in [0.29, 0.717) is 24.8 Å². The number of furan rings is 1. The van der Waals surface area contributed by atoms with Crippen molar-refractivity contribution in [1.82, 2.24) is 9.62 Å². The highest BCUT2D eigenvalue weighted by atomic mass is 32.2. The van der Waals surface area contributed by atoms with Crippen LogP contribution in [0.3, 0.4) is 0 Å². The SMILES string of the molecule is O=C(NCc1ccc(-c2ccccc2)cc1)[C@@H]1CCCN1S(=O)(=O)c1cc2cc(F)ccc2o1. The summed E-state index contributed by atoms with van der Waals surface area (Å²) in [5.74, 6) is -0.831. The predicted molar refractivity (Wildman–Crippen MR) is 127 cm³/mol. The minimum atomic E-state index is -4.04. The van der Waals surface area contributed by atoms with E-state index >= 15 is 0 Å². The highest BCUT2D eigenvalue weighted by Gasteiger charge is 2.41. The van der Waals surface area contributed by atoms with Crippen LogP contribution in [0, 0.1) is 5.82 Å². The van der Waals surface area contributed by atoms with Crippen LogP contribution in [0.5, 0.6) is 0 Å². The molecule has 1 atom stereocenters. The van der Waals surface area contributed by atoms with Crippen LogP contribution in [0.25, 0.3) is 22.1 Å². The van der Waals surface area contributed by atoms with Crippen molar-refractivity contribution >= 4 is 26.9 Å². The van der Waals surface area contributed by atoms with Crippen LogP contribution in [0.1, 0.15) is 18.4 Å². The summed E-state index contributed by atoms with van der Waals surface area (Å²) in [6.45, 7) is 0.514. The van der Waals surface area contributed by atoms with E-state index in [0.717, 1.165) is 16.7 Å². The Hall–Kier alpha value is -3.49. The quantitative estimate of drug-likeness (QED) is 0.435. The highest BCUT2D eigenvalue weighted by molar-refractivity contribution is 7.89. The van der Waals surface area contributed by atoms with Crippen molar-refractivity contribution in [2.75, 3.05) is 6.54 Å². The van der Waals surface area contributed by atoms with E-state index in [9.17, 15) is 17.6 Å². The molecule has 0 spiro atoms. The Morgan fingerprint density at radius 2 is 1.74 bits per heavy atom. The first-order valence-corrected chi connectivity index (χ1v) is 12.5. The molecular weight excluding hydrogens is 455 g/mol. The molecule has 1 saturated heterocycles. The maximum atomic E-state index is 13.5. The van der Waals surface area contributed by atoms with Crippen LogP contribution in [-0.4, -0.2) is 31.2 Å². The molecule has 2 heterocycles. The van der Waals surface area contributed by atoms with Gasteiger partial charge in [0, 0.05) is 24.5 Å². The lowest BCUT2D eigenvalue weighted by atomic mass is 10.0. The summed E-state index contributed by atoms with van der Waals surface area (Å²) in [6.07, 6.45) is 0.991. The van der Waals surface area contributed by atoms with Gasteiger partial charge >= 0.3 is 0 Å². The van der Waals surface area contributed by atoms with Crippen LogP contribution >= 0.6 is 0 Å². The van der Waals surface area contributed by atoms with Gasteiger partial charge in [-0.3, -0.25) is 4.79 Å². The van der Waals surface area contributed by atoms with Gasteiger partial charge in [0.2, 0.25) is 11.0 Å². The number of carbonyl (C=O) groups is 1. The first-order valence-electron chi connectivity index (χ1n) is 11.0. The highest BCUT2D eigenvalue weighted by Crippen LogP contribution is 2.30. The number of nitrogens with zero attached hydrogens (tertiary/aromatic N) is 1. The molecule has 1 aliphatic rings. The summed E-state index contributed by atoms with van der Waals surface area (Å²) >= 11 is 0. The third kappa shape index (κ3) is 4.34. The summed E-state index contributed by atoms with van der Waals surface area (Å²) in [4.78, 5) is 12.9. The number of nitrogens with one attached hydrogen (secondary N) is 1. The van der Waals surface area contributed by atoms with Crippen LogP contribution in [0.2, 0.25) is 0 Å². The molecule has 0 saturated carbocycles. The van der Waals surface area contributed by atoms with Crippen molar-refractivity contribution in [2.24, 2.45) is 0 Å². The van der Waals surface area contributed by atoms with Crippen molar-refractivity contribution < 1.29 is 22.0 Å². The molecule has 6 nitrogen and oxygen atoms in total. The zero-order chi connectivity index (χ0) is 23.7. The van der Waals surface area contributed by atoms with Crippen molar-refractivity contribution in [3.8, 4) is 11.1 Å². The first-order chi connectivity index (χ1) is 16.4. The molecule has 1 amide bonds. The Morgan fingerprint density at radius 1 is 1.00 bits per heavy atom. The van der Waals surface area contributed by atoms with Gasteiger partial charge in [-0.1, -0.05) is 54.6 Å². The third-order valence-corrected chi connectivity index (χ3v) is 7.82. The van der Waals surface area contributed by atoms with Crippen LogP contribution in [0.15, 0.2) is 88.4 Å². The zero-order valence-corrected chi connectivity index (χ0v) is 19.1. The molecule has 0 radical (unpaired) electrons. The van der Waals surface area contributed by atoms with Gasteiger partial charge in [-0.2, -0.15) is 4.31 Å². The average Bonchev–Trinajstić information content (AvgIpc) is 3.51. The third-order valence-electron chi connectivity index (χ3n) is 6.05. The Balaban J connectivity index is 1.28. The zero-order valence-electron chi connectivity index (χ0n) is 18.3. The van der Waals surface area contributed by atoms with Crippen molar-refractivity contribution in [3.05, 3.63) is 90.2 Å². The number of benzene rings is 3. The lowest BCUT2D eigenvalue weighted by Gasteiger charge is -2.22. The van der Waals surface area contributed by atoms with E-state index in [-0.39, 0.29) is 23.1 Å². The number of hydrogen-bond acceptors (Lipinski definition) is 4. The van der Waals surface area contributed by atoms with Crippen LogP contribution in [0.4, 0.5) is 4.39 Å². The van der Waals surface area contributed by atoms with E-state index in [2.05, 4.69) is 5.32 Å². The number of hydrogen-bond donors (Lipinski definition) is 1. The summed E-state index contributed by atoms with van der Waals surface area (Å²) < 4.78 is 46.6. The Morgan fingerprint density at radius 3 is 2.50 bits per heavy atom. The fraction of sp³-hybridized carbons (Fsp3) is 0.192. The predicted octanol–water partition coefficient (Wildman–Crippen LogP) is 4.71. The molecule has 5 rings (SSSR count). The second-order valence-corrected chi connectivity index (χ2v) is 10.1. The average molecular weight is 479 g/mol. The molecule has 8 heteroatoms. The number of halogens is 1. The molecule has 0 unspecified atom stereocenters. The molecule has 174 valence electrons. The largest absolute Gasteiger partial charge is 0.443 e. The lowest BCUT2D eigenvalue weighted by molar-refractivity contribution is -0.124. The standard InChI is InChI=1S/C26H23FN2O4S/c27-22-12-13-24-21(15-22)16-25(33-24)34(31,32)29-14-4-7-23(29)26(30)28-17-18-8-10-20(11-9-18)19-5-2-1-3-6-19/h1-3,5-6,8-13,15-16,23H,4,7,14,17H2,(H,28,30)/t23-/m0/s1. The van der Waals surface area contributed by atoms with Crippen molar-refractivity contribution in [1.29, 1.82) is 0 Å². The Labute approximate surface area is 197 Å². The number of fused-ring (bicyclic) bond motifs is 1. The molecule has 1 aliphatic heterocycles. The molecule has 3 aromatic carbocycles. The molecule has 1 aromatic heterocycles. The maximum Gasteiger partial charge on any atom is 0.277 e. The monoisotopic (exact) mass is 478 g/mol. The topological polar surface area (TPSA) is 79.6 Å². The number of rotatable bonds is 6. The summed E-state index contributed by atoms with van der Waals surface area (Å²) in [5.41, 5.74) is 3.38. The van der Waals surface area contributed by atoms with Gasteiger partial charge in [0.15, 0.2) is 0 Å². The number of amides is 1. The summed E-state index contributed by atoms with van der Waals surface area (Å²) in [7, 11) is -4.04. The molecule has 1 N–H and O–H groups in total. The second-order valence-electron chi connectivity index (χ2n) is 8.30. The van der Waals surface area contributed by atoms with E-state index in [4.69, 9.17) is 4.42 Å². The fourth-order valence-electron chi connectivity index (χ4n) is 4.28. The Bertz CT molecular complexity index is 1430. The molecule has 1 fully saturated rings. The Kier molecular flexibility index (Phi) is 5.93. The van der Waals surface area contributed by atoms with E-state index in [1.54, 1.807) is 0 Å². The molecule has 0 aliphatic carbocycles. The van der Waals surface area contributed by atoms with Gasteiger partial charge < -0.3 is 9.73 Å². The van der Waals surface area contributed by atoms with Crippen molar-refractivity contribution in [2.45, 2.75) is 30.5 Å². The van der Waals surface area contributed by atoms with Gasteiger partial charge in [-0.25, -0.2) is 12.8 Å². The van der Waals surface area contributed by atoms with Gasteiger partial charge in [0.05, 0.1) is 0 Å². The molecule has 34 heavy (non-hydrogen) atoms. The number of carbonyl (C=O) groups excluding carboxylic acids is 1. The lowest BCUT2D eigenvalue weighted by Crippen LogP contribution is -2.45. The van der Waals surface area contributed by atoms with Gasteiger partial charge in [0.25, 0.3) is 10.0 Å². The first kappa shape index (κ1) is 22.3. The second kappa shape index (κ2) is 9.04. The van der Waals surface area contributed by atoms with Gasteiger partial charge in [-0.15, -0.1) is 0 Å². The number of sulfonamides is 1. The van der Waals surface area contributed by atoms with Crippen LogP contribution in [-0.2, 0) is 21.4 Å². The smallest absolute Gasteiger partial charge is 0.277 e. The van der Waals surface area contributed by atoms with Crippen molar-refractivity contribution in [3.63, 3.8) is 0 Å². The van der Waals surface area contributed by atoms with E-state index in [1.165, 1.54) is 28.6 Å². The maximum absolute atomic E-state index is 13.5. The minimum absolute atomic E-state index is 0.220. The summed E-state index contributed by atoms with van der Waals surface area (Å²) in [6, 6.07) is 22.2.